The van der Waals surface area contributed by atoms with E-state index in [1.807, 2.05) is 6.07 Å². The normalized spacial score (nSPS) is 14.6. The van der Waals surface area contributed by atoms with E-state index in [1.54, 1.807) is 36.4 Å². The number of fused-ring (bicyclic) bond motifs is 1. The van der Waals surface area contributed by atoms with Gasteiger partial charge in [-0.2, -0.15) is 13.2 Å². The van der Waals surface area contributed by atoms with Crippen molar-refractivity contribution in [2.24, 2.45) is 14.1 Å². The van der Waals surface area contributed by atoms with Gasteiger partial charge in [-0.25, -0.2) is 14.8 Å². The fourth-order valence-corrected chi connectivity index (χ4v) is 6.47. The molecule has 11 nitrogen and oxygen atoms in total. The number of carbonyl (C=O) groups excluding carboxylic acids is 1. The summed E-state index contributed by atoms with van der Waals surface area (Å²) in [5.41, 5.74) is -0.201. The zero-order chi connectivity index (χ0) is 35.9. The lowest BCUT2D eigenvalue weighted by Crippen LogP contribution is -2.37. The van der Waals surface area contributed by atoms with E-state index in [2.05, 4.69) is 25.9 Å². The topological polar surface area (TPSA) is 132 Å². The van der Waals surface area contributed by atoms with Crippen LogP contribution in [0.3, 0.4) is 0 Å². The summed E-state index contributed by atoms with van der Waals surface area (Å²) in [5, 5.41) is 9.21. The number of pyridine rings is 2. The number of ether oxygens (including phenoxy) is 1. The SMILES string of the molecule is COc1nc(-c2cccc(-c3cccc(Nc4nc(C(F)(F)F)cc5c4c(=O)n(C)c(=O)n5C)c3Cl)c2Cl)ccc1CNC[C@H]1CCC(=O)N1. The first-order valence-electron chi connectivity index (χ1n) is 15.3. The van der Waals surface area contributed by atoms with Crippen LogP contribution in [-0.4, -0.2) is 44.7 Å². The molecule has 50 heavy (non-hydrogen) atoms. The molecule has 0 radical (unpaired) electrons. The molecular weight excluding hydrogens is 698 g/mol. The predicted molar refractivity (Wildman–Crippen MR) is 185 cm³/mol. The second-order valence-corrected chi connectivity index (χ2v) is 12.5. The molecule has 1 aliphatic rings. The molecular formula is C34H30Cl2F3N7O4. The lowest BCUT2D eigenvalue weighted by atomic mass is 10.00. The van der Waals surface area contributed by atoms with E-state index in [4.69, 9.17) is 27.9 Å². The second kappa shape index (κ2) is 13.8. The Morgan fingerprint density at radius 1 is 0.960 bits per heavy atom. The number of aromatic nitrogens is 4. The van der Waals surface area contributed by atoms with Crippen LogP contribution in [0.4, 0.5) is 24.7 Å². The maximum absolute atomic E-state index is 13.9. The first-order chi connectivity index (χ1) is 23.8. The highest BCUT2D eigenvalue weighted by Gasteiger charge is 2.34. The number of aryl methyl sites for hydroxylation is 1. The van der Waals surface area contributed by atoms with E-state index in [1.165, 1.54) is 27.3 Å². The molecule has 0 bridgehead atoms. The number of anilines is 2. The lowest BCUT2D eigenvalue weighted by molar-refractivity contribution is -0.141. The van der Waals surface area contributed by atoms with E-state index in [9.17, 15) is 27.6 Å². The quantitative estimate of drug-likeness (QED) is 0.174. The van der Waals surface area contributed by atoms with E-state index < -0.39 is 28.9 Å². The molecule has 4 heterocycles. The lowest BCUT2D eigenvalue weighted by Gasteiger charge is -2.17. The van der Waals surface area contributed by atoms with Crippen molar-refractivity contribution in [3.63, 3.8) is 0 Å². The highest BCUT2D eigenvalue weighted by atomic mass is 35.5. The number of benzene rings is 2. The van der Waals surface area contributed by atoms with E-state index >= 15 is 0 Å². The molecule has 260 valence electrons. The number of nitrogens with one attached hydrogen (secondary N) is 3. The van der Waals surface area contributed by atoms with Crippen LogP contribution in [0.25, 0.3) is 33.3 Å². The molecule has 2 aromatic carbocycles. The van der Waals surface area contributed by atoms with Crippen molar-refractivity contribution in [3.8, 4) is 28.3 Å². The average Bonchev–Trinajstić information content (AvgIpc) is 3.51. The fraction of sp³-hybridized carbons (Fsp3) is 0.265. The van der Waals surface area contributed by atoms with Gasteiger partial charge in [-0.05, 0) is 24.6 Å². The van der Waals surface area contributed by atoms with Crippen LogP contribution in [0.5, 0.6) is 5.88 Å². The van der Waals surface area contributed by atoms with Crippen LogP contribution in [0.2, 0.25) is 10.0 Å². The van der Waals surface area contributed by atoms with Crippen molar-refractivity contribution in [3.05, 3.63) is 96.7 Å². The molecule has 16 heteroatoms. The van der Waals surface area contributed by atoms with Gasteiger partial charge in [-0.15, -0.1) is 0 Å². The summed E-state index contributed by atoms with van der Waals surface area (Å²) in [6.07, 6.45) is -3.58. The third-order valence-electron chi connectivity index (χ3n) is 8.48. The van der Waals surface area contributed by atoms with Gasteiger partial charge in [0.15, 0.2) is 0 Å². The number of methoxy groups -OCH3 is 1. The first kappa shape index (κ1) is 34.9. The largest absolute Gasteiger partial charge is 0.481 e. The van der Waals surface area contributed by atoms with Crippen LogP contribution >= 0.6 is 23.2 Å². The van der Waals surface area contributed by atoms with E-state index in [0.717, 1.165) is 21.1 Å². The molecule has 1 amide bonds. The maximum Gasteiger partial charge on any atom is 0.433 e. The van der Waals surface area contributed by atoms with Gasteiger partial charge in [-0.1, -0.05) is 59.6 Å². The second-order valence-electron chi connectivity index (χ2n) is 11.7. The van der Waals surface area contributed by atoms with Crippen molar-refractivity contribution >= 4 is 51.5 Å². The van der Waals surface area contributed by atoms with Crippen LogP contribution in [0.1, 0.15) is 24.1 Å². The van der Waals surface area contributed by atoms with Crippen molar-refractivity contribution in [1.82, 2.24) is 29.7 Å². The minimum atomic E-state index is -4.87. The molecule has 0 saturated carbocycles. The van der Waals surface area contributed by atoms with Gasteiger partial charge in [-0.3, -0.25) is 18.7 Å². The average molecular weight is 729 g/mol. The third kappa shape index (κ3) is 6.65. The fourth-order valence-electron chi connectivity index (χ4n) is 5.87. The summed E-state index contributed by atoms with van der Waals surface area (Å²) < 4.78 is 49.0. The smallest absolute Gasteiger partial charge is 0.433 e. The summed E-state index contributed by atoms with van der Waals surface area (Å²) in [5.74, 6) is 0.00995. The van der Waals surface area contributed by atoms with Crippen LogP contribution in [0.15, 0.2) is 64.2 Å². The summed E-state index contributed by atoms with van der Waals surface area (Å²) in [6.45, 7) is 1.07. The molecule has 0 unspecified atom stereocenters. The molecule has 6 rings (SSSR count). The Morgan fingerprint density at radius 2 is 1.66 bits per heavy atom. The number of nitrogens with zero attached hydrogens (tertiary/aromatic N) is 4. The molecule has 0 spiro atoms. The van der Waals surface area contributed by atoms with Gasteiger partial charge in [0.05, 0.1) is 34.1 Å². The molecule has 1 aliphatic heterocycles. The first-order valence-corrected chi connectivity index (χ1v) is 16.1. The molecule has 1 atom stereocenters. The number of hydrogen-bond donors (Lipinski definition) is 3. The number of amides is 1. The Labute approximate surface area is 293 Å². The van der Waals surface area contributed by atoms with Crippen molar-refractivity contribution in [2.45, 2.75) is 31.6 Å². The zero-order valence-corrected chi connectivity index (χ0v) is 28.4. The molecule has 1 saturated heterocycles. The molecule has 3 N–H and O–H groups in total. The van der Waals surface area contributed by atoms with Gasteiger partial charge in [0, 0.05) is 61.9 Å². The summed E-state index contributed by atoms with van der Waals surface area (Å²) in [4.78, 5) is 45.6. The van der Waals surface area contributed by atoms with Gasteiger partial charge in [0.1, 0.15) is 16.9 Å². The number of halogens is 5. The number of rotatable bonds is 9. The van der Waals surface area contributed by atoms with Crippen molar-refractivity contribution in [2.75, 3.05) is 19.0 Å². The molecule has 5 aromatic rings. The Morgan fingerprint density at radius 3 is 2.34 bits per heavy atom. The molecule has 3 aromatic heterocycles. The standard InChI is InChI=1S/C34H30Cl2F3N7O4/c1-45-24-14-25(34(37,38)39)44-30(27(24)32(48)46(2)33(45)49)42-23-9-5-7-20(29(23)36)19-6-4-8-21(28(19)35)22-12-10-17(31(43-22)50-3)15-40-16-18-11-13-26(47)41-18/h4-10,12,14,18,40H,11,13,15-16H2,1-3H3,(H,41,47)(H,42,44)/t18-/m1/s1. The zero-order valence-electron chi connectivity index (χ0n) is 26.9. The van der Waals surface area contributed by atoms with E-state index in [-0.39, 0.29) is 33.6 Å². The molecule has 0 aliphatic carbocycles. The van der Waals surface area contributed by atoms with Crippen LogP contribution in [-0.2, 0) is 31.6 Å². The highest BCUT2D eigenvalue weighted by Crippen LogP contribution is 2.42. The predicted octanol–water partition coefficient (Wildman–Crippen LogP) is 5.81. The van der Waals surface area contributed by atoms with Gasteiger partial charge >= 0.3 is 11.9 Å². The summed E-state index contributed by atoms with van der Waals surface area (Å²) >= 11 is 13.8. The number of alkyl halides is 3. The van der Waals surface area contributed by atoms with Crippen LogP contribution in [0, 0.1) is 0 Å². The minimum Gasteiger partial charge on any atom is -0.481 e. The Balaban J connectivity index is 1.34. The Hall–Kier alpha value is -4.92. The van der Waals surface area contributed by atoms with Crippen LogP contribution < -0.4 is 31.9 Å². The maximum atomic E-state index is 13.9. The van der Waals surface area contributed by atoms with Gasteiger partial charge in [0.25, 0.3) is 5.56 Å². The summed E-state index contributed by atoms with van der Waals surface area (Å²) in [6, 6.07) is 14.5. The minimum absolute atomic E-state index is 0.0475. The van der Waals surface area contributed by atoms with Crippen molar-refractivity contribution < 1.29 is 22.7 Å². The Kier molecular flexibility index (Phi) is 9.62. The Bertz CT molecular complexity index is 2270. The number of carbonyl (C=O) groups is 1. The monoisotopic (exact) mass is 727 g/mol. The van der Waals surface area contributed by atoms with Gasteiger partial charge < -0.3 is 20.7 Å². The third-order valence-corrected chi connectivity index (χ3v) is 9.30. The van der Waals surface area contributed by atoms with Gasteiger partial charge in [0.2, 0.25) is 11.8 Å². The summed E-state index contributed by atoms with van der Waals surface area (Å²) in [7, 11) is 4.01. The highest BCUT2D eigenvalue weighted by molar-refractivity contribution is 6.39. The number of hydrogen-bond acceptors (Lipinski definition) is 8. The van der Waals surface area contributed by atoms with Crippen molar-refractivity contribution in [1.29, 1.82) is 0 Å². The van der Waals surface area contributed by atoms with E-state index in [0.29, 0.717) is 58.9 Å². The molecule has 1 fully saturated rings.